The van der Waals surface area contributed by atoms with E-state index < -0.39 is 22.0 Å². The van der Waals surface area contributed by atoms with E-state index in [0.29, 0.717) is 56.3 Å². The molecule has 1 heterocycles. The highest BCUT2D eigenvalue weighted by Gasteiger charge is 2.29. The van der Waals surface area contributed by atoms with Crippen LogP contribution in [0.15, 0.2) is 47.4 Å². The van der Waals surface area contributed by atoms with Crippen molar-refractivity contribution in [2.24, 2.45) is 5.92 Å². The minimum absolute atomic E-state index is 0.00159. The molecule has 1 unspecified atom stereocenters. The van der Waals surface area contributed by atoms with E-state index in [4.69, 9.17) is 9.47 Å². The first kappa shape index (κ1) is 25.8. The van der Waals surface area contributed by atoms with Crippen molar-refractivity contribution in [3.8, 4) is 11.5 Å². The number of nitrogens with zero attached hydrogens (tertiary/aromatic N) is 1. The van der Waals surface area contributed by atoms with Gasteiger partial charge < -0.3 is 19.7 Å². The lowest BCUT2D eigenvalue weighted by Gasteiger charge is -2.23. The van der Waals surface area contributed by atoms with E-state index in [0.717, 1.165) is 0 Å². The van der Waals surface area contributed by atoms with Crippen LogP contribution in [0, 0.1) is 11.7 Å². The van der Waals surface area contributed by atoms with Crippen molar-refractivity contribution in [1.82, 2.24) is 10.0 Å². The van der Waals surface area contributed by atoms with Gasteiger partial charge in [0.1, 0.15) is 11.9 Å². The molecular weight excluding hydrogens is 461 g/mol. The summed E-state index contributed by atoms with van der Waals surface area (Å²) in [6.07, 6.45) is 1.27. The molecule has 34 heavy (non-hydrogen) atoms. The summed E-state index contributed by atoms with van der Waals surface area (Å²) >= 11 is 0. The lowest BCUT2D eigenvalue weighted by atomic mass is 10.1. The van der Waals surface area contributed by atoms with E-state index in [9.17, 15) is 17.6 Å². The van der Waals surface area contributed by atoms with Crippen LogP contribution in [0.3, 0.4) is 0 Å². The van der Waals surface area contributed by atoms with E-state index in [2.05, 4.69) is 10.0 Å². The maximum Gasteiger partial charge on any atom is 0.241 e. The number of nitrogens with one attached hydrogen (secondary N) is 2. The van der Waals surface area contributed by atoms with Gasteiger partial charge in [0, 0.05) is 32.6 Å². The number of halogens is 1. The van der Waals surface area contributed by atoms with Crippen LogP contribution in [0.4, 0.5) is 10.1 Å². The van der Waals surface area contributed by atoms with E-state index in [1.807, 2.05) is 0 Å². The lowest BCUT2D eigenvalue weighted by Crippen LogP contribution is -2.49. The molecule has 0 saturated carbocycles. The first-order valence-electron chi connectivity index (χ1n) is 11.3. The van der Waals surface area contributed by atoms with Crippen molar-refractivity contribution in [3.05, 3.63) is 48.3 Å². The van der Waals surface area contributed by atoms with Gasteiger partial charge in [0.2, 0.25) is 15.9 Å². The number of hydrogen-bond acceptors (Lipinski definition) is 6. The van der Waals surface area contributed by atoms with Crippen LogP contribution in [0.1, 0.15) is 26.7 Å². The number of ether oxygens (including phenoxy) is 2. The van der Waals surface area contributed by atoms with Gasteiger partial charge in [0.25, 0.3) is 0 Å². The topological polar surface area (TPSA) is 97.0 Å². The third-order valence-electron chi connectivity index (χ3n) is 5.49. The largest absolute Gasteiger partial charge is 0.490 e. The van der Waals surface area contributed by atoms with Gasteiger partial charge in [-0.2, -0.15) is 4.72 Å². The number of carbonyl (C=O) groups is 1. The zero-order valence-electron chi connectivity index (χ0n) is 19.7. The second-order valence-corrected chi connectivity index (χ2v) is 10.2. The van der Waals surface area contributed by atoms with Crippen molar-refractivity contribution in [3.63, 3.8) is 0 Å². The van der Waals surface area contributed by atoms with Gasteiger partial charge >= 0.3 is 0 Å². The number of amides is 1. The van der Waals surface area contributed by atoms with Crippen LogP contribution in [0.2, 0.25) is 0 Å². The van der Waals surface area contributed by atoms with Crippen LogP contribution < -0.4 is 24.4 Å². The maximum atomic E-state index is 13.9. The van der Waals surface area contributed by atoms with Gasteiger partial charge in [-0.3, -0.25) is 4.79 Å². The molecule has 2 N–H and O–H groups in total. The summed E-state index contributed by atoms with van der Waals surface area (Å²) in [6.45, 7) is 5.33. The van der Waals surface area contributed by atoms with Crippen LogP contribution in [-0.4, -0.2) is 53.7 Å². The molecule has 0 spiro atoms. The van der Waals surface area contributed by atoms with Gasteiger partial charge in [-0.15, -0.1) is 0 Å². The summed E-state index contributed by atoms with van der Waals surface area (Å²) in [5.74, 6) is -0.143. The number of fused-ring (bicyclic) bond motifs is 1. The molecule has 1 aliphatic heterocycles. The van der Waals surface area contributed by atoms with Crippen molar-refractivity contribution in [1.29, 1.82) is 0 Å². The summed E-state index contributed by atoms with van der Waals surface area (Å²) in [6, 6.07) is 9.94. The SMILES string of the molecule is CC(C)C(NS(=O)(=O)c1ccc2c(c1)OCCCO2)C(=O)NCCCN(C)c1ccccc1F. The second-order valence-electron chi connectivity index (χ2n) is 8.52. The van der Waals surface area contributed by atoms with Gasteiger partial charge in [0.15, 0.2) is 11.5 Å². The number of rotatable bonds is 10. The van der Waals surface area contributed by atoms with Gasteiger partial charge in [-0.1, -0.05) is 26.0 Å². The first-order chi connectivity index (χ1) is 16.2. The predicted molar refractivity (Wildman–Crippen MR) is 128 cm³/mol. The Morgan fingerprint density at radius 1 is 1.12 bits per heavy atom. The fourth-order valence-corrected chi connectivity index (χ4v) is 4.92. The smallest absolute Gasteiger partial charge is 0.241 e. The molecule has 0 bridgehead atoms. The van der Waals surface area contributed by atoms with Crippen molar-refractivity contribution >= 4 is 21.6 Å². The number of anilines is 1. The molecule has 1 aliphatic rings. The summed E-state index contributed by atoms with van der Waals surface area (Å²) in [5.41, 5.74) is 0.483. The third kappa shape index (κ3) is 6.60. The summed E-state index contributed by atoms with van der Waals surface area (Å²) in [5, 5.41) is 2.79. The van der Waals surface area contributed by atoms with Crippen molar-refractivity contribution in [2.75, 3.05) is 38.3 Å². The van der Waals surface area contributed by atoms with Gasteiger partial charge in [-0.05, 0) is 36.6 Å². The van der Waals surface area contributed by atoms with Gasteiger partial charge in [0.05, 0.1) is 23.8 Å². The number of hydrogen-bond donors (Lipinski definition) is 2. The van der Waals surface area contributed by atoms with E-state index in [1.165, 1.54) is 18.2 Å². The van der Waals surface area contributed by atoms with Crippen molar-refractivity contribution < 1.29 is 27.1 Å². The minimum atomic E-state index is -3.98. The zero-order valence-corrected chi connectivity index (χ0v) is 20.5. The number of sulfonamides is 1. The zero-order chi connectivity index (χ0) is 24.7. The Kier molecular flexibility index (Phi) is 8.73. The van der Waals surface area contributed by atoms with Crippen LogP contribution in [0.25, 0.3) is 0 Å². The standard InChI is InChI=1S/C24H32FN3O5S/c1-17(2)23(24(29)26-12-6-13-28(3)20-9-5-4-8-19(20)25)27-34(30,31)18-10-11-21-22(16-18)33-15-7-14-32-21/h4-5,8-11,16-17,23,27H,6-7,12-15H2,1-3H3,(H,26,29). The molecule has 0 saturated heterocycles. The Labute approximate surface area is 200 Å². The summed E-state index contributed by atoms with van der Waals surface area (Å²) in [7, 11) is -2.20. The van der Waals surface area contributed by atoms with E-state index in [-0.39, 0.29) is 16.6 Å². The Morgan fingerprint density at radius 3 is 2.53 bits per heavy atom. The molecule has 0 radical (unpaired) electrons. The molecule has 10 heteroatoms. The number of benzene rings is 2. The minimum Gasteiger partial charge on any atom is -0.490 e. The highest BCUT2D eigenvalue weighted by molar-refractivity contribution is 7.89. The molecule has 2 aromatic rings. The van der Waals surface area contributed by atoms with Crippen LogP contribution >= 0.6 is 0 Å². The molecule has 186 valence electrons. The molecule has 8 nitrogen and oxygen atoms in total. The van der Waals surface area contributed by atoms with Crippen LogP contribution in [-0.2, 0) is 14.8 Å². The molecule has 3 rings (SSSR count). The monoisotopic (exact) mass is 493 g/mol. The fraction of sp³-hybridized carbons (Fsp3) is 0.458. The van der Waals surface area contributed by atoms with Crippen LogP contribution in [0.5, 0.6) is 11.5 Å². The quantitative estimate of drug-likeness (QED) is 0.494. The van der Waals surface area contributed by atoms with Gasteiger partial charge in [-0.25, -0.2) is 12.8 Å². The molecule has 2 aromatic carbocycles. The number of para-hydroxylation sites is 1. The Balaban J connectivity index is 1.58. The first-order valence-corrected chi connectivity index (χ1v) is 12.8. The highest BCUT2D eigenvalue weighted by Crippen LogP contribution is 2.32. The van der Waals surface area contributed by atoms with Crippen molar-refractivity contribution in [2.45, 2.75) is 37.6 Å². The predicted octanol–water partition coefficient (Wildman–Crippen LogP) is 2.93. The Bertz CT molecular complexity index is 1090. The molecule has 0 fully saturated rings. The average molecular weight is 494 g/mol. The maximum absolute atomic E-state index is 13.9. The molecule has 0 aromatic heterocycles. The summed E-state index contributed by atoms with van der Waals surface area (Å²) < 4.78 is 53.5. The normalized spacial score (nSPS) is 14.4. The second kappa shape index (κ2) is 11.5. The Hall–Kier alpha value is -2.85. The van der Waals surface area contributed by atoms with E-state index >= 15 is 0 Å². The molecule has 1 amide bonds. The summed E-state index contributed by atoms with van der Waals surface area (Å²) in [4.78, 5) is 14.6. The fourth-order valence-electron chi connectivity index (χ4n) is 3.56. The van der Waals surface area contributed by atoms with E-state index in [1.54, 1.807) is 50.1 Å². The highest BCUT2D eigenvalue weighted by atomic mass is 32.2. The Morgan fingerprint density at radius 2 is 1.82 bits per heavy atom. The lowest BCUT2D eigenvalue weighted by molar-refractivity contribution is -0.123. The number of carbonyl (C=O) groups excluding carboxylic acids is 1. The molecule has 1 atom stereocenters. The molecular formula is C24H32FN3O5S. The third-order valence-corrected chi connectivity index (χ3v) is 6.93. The molecule has 0 aliphatic carbocycles. The average Bonchev–Trinajstić information content (AvgIpc) is 3.05.